The Morgan fingerprint density at radius 3 is 2.25 bits per heavy atom. The van der Waals surface area contributed by atoms with Gasteiger partial charge in [-0.05, 0) is 52.6 Å². The Labute approximate surface area is 172 Å². The zero-order chi connectivity index (χ0) is 20.3. The van der Waals surface area contributed by atoms with E-state index < -0.39 is 0 Å². The molecule has 156 valence electrons. The minimum absolute atomic E-state index is 0.0747. The van der Waals surface area contributed by atoms with Crippen LogP contribution in [0.3, 0.4) is 0 Å². The van der Waals surface area contributed by atoms with Gasteiger partial charge in [0.2, 0.25) is 5.91 Å². The molecule has 0 spiro atoms. The summed E-state index contributed by atoms with van der Waals surface area (Å²) in [5.41, 5.74) is 0.601. The first-order valence-electron chi connectivity index (χ1n) is 10.6. The van der Waals surface area contributed by atoms with Crippen molar-refractivity contribution >= 4 is 23.2 Å². The third kappa shape index (κ3) is 5.11. The van der Waals surface area contributed by atoms with Crippen LogP contribution in [0.15, 0.2) is 5.38 Å². The van der Waals surface area contributed by atoms with Gasteiger partial charge < -0.3 is 15.1 Å². The van der Waals surface area contributed by atoms with E-state index in [4.69, 9.17) is 0 Å². The van der Waals surface area contributed by atoms with Crippen molar-refractivity contribution in [2.75, 3.05) is 26.2 Å². The van der Waals surface area contributed by atoms with Crippen molar-refractivity contribution in [3.05, 3.63) is 16.1 Å². The van der Waals surface area contributed by atoms with Gasteiger partial charge in [-0.15, -0.1) is 11.3 Å². The fourth-order valence-corrected chi connectivity index (χ4v) is 4.99. The summed E-state index contributed by atoms with van der Waals surface area (Å²) in [6.45, 7) is 11.8. The predicted molar refractivity (Wildman–Crippen MR) is 113 cm³/mol. The number of carbonyl (C=O) groups is 2. The van der Waals surface area contributed by atoms with Gasteiger partial charge in [-0.3, -0.25) is 9.59 Å². The number of nitrogens with one attached hydrogen (secondary N) is 1. The first-order chi connectivity index (χ1) is 13.3. The summed E-state index contributed by atoms with van der Waals surface area (Å²) in [5.74, 6) is 0.799. The molecule has 7 heteroatoms. The lowest BCUT2D eigenvalue weighted by molar-refractivity contribution is -0.127. The molecule has 6 nitrogen and oxygen atoms in total. The number of likely N-dealkylation sites (tertiary alicyclic amines) is 2. The Morgan fingerprint density at radius 1 is 1.07 bits per heavy atom. The highest BCUT2D eigenvalue weighted by Gasteiger charge is 2.32. The Hall–Kier alpha value is -1.47. The predicted octanol–water partition coefficient (Wildman–Crippen LogP) is 3.11. The maximum absolute atomic E-state index is 12.7. The van der Waals surface area contributed by atoms with Gasteiger partial charge in [0, 0.05) is 42.4 Å². The molecular formula is C21H34N4O2S. The second-order valence-corrected chi connectivity index (χ2v) is 9.61. The van der Waals surface area contributed by atoms with Gasteiger partial charge >= 0.3 is 0 Å². The van der Waals surface area contributed by atoms with Gasteiger partial charge in [0.1, 0.15) is 5.69 Å². The van der Waals surface area contributed by atoms with Crippen molar-refractivity contribution in [1.82, 2.24) is 20.1 Å². The highest BCUT2D eigenvalue weighted by Crippen LogP contribution is 2.26. The molecule has 2 aliphatic rings. The van der Waals surface area contributed by atoms with Crippen LogP contribution in [0.5, 0.6) is 0 Å². The van der Waals surface area contributed by atoms with Crippen LogP contribution < -0.4 is 5.32 Å². The van der Waals surface area contributed by atoms with E-state index in [9.17, 15) is 9.59 Å². The van der Waals surface area contributed by atoms with Gasteiger partial charge in [0.15, 0.2) is 0 Å². The number of amides is 2. The molecular weight excluding hydrogens is 372 g/mol. The average Bonchev–Trinajstić information content (AvgIpc) is 3.18. The largest absolute Gasteiger partial charge is 0.354 e. The Kier molecular flexibility index (Phi) is 7.10. The van der Waals surface area contributed by atoms with E-state index in [-0.39, 0.29) is 23.8 Å². The molecule has 3 heterocycles. The number of aromatic nitrogens is 1. The summed E-state index contributed by atoms with van der Waals surface area (Å²) < 4.78 is 0. The number of piperidine rings is 2. The molecule has 28 heavy (non-hydrogen) atoms. The number of thiazole rings is 1. The summed E-state index contributed by atoms with van der Waals surface area (Å²) in [4.78, 5) is 33.9. The smallest absolute Gasteiger partial charge is 0.273 e. The average molecular weight is 407 g/mol. The molecule has 0 atom stereocenters. The van der Waals surface area contributed by atoms with Gasteiger partial charge in [-0.25, -0.2) is 4.98 Å². The van der Waals surface area contributed by atoms with Crippen LogP contribution in [-0.4, -0.2) is 64.9 Å². The quantitative estimate of drug-likeness (QED) is 0.816. The maximum Gasteiger partial charge on any atom is 0.273 e. The number of rotatable bonds is 5. The molecule has 2 saturated heterocycles. The summed E-state index contributed by atoms with van der Waals surface area (Å²) in [7, 11) is 0. The second-order valence-electron chi connectivity index (χ2n) is 8.72. The lowest BCUT2D eigenvalue weighted by Crippen LogP contribution is -2.50. The third-order valence-electron chi connectivity index (χ3n) is 5.83. The van der Waals surface area contributed by atoms with Gasteiger partial charge in [0.05, 0.1) is 5.01 Å². The molecule has 3 rings (SSSR count). The fourth-order valence-electron chi connectivity index (χ4n) is 4.18. The topological polar surface area (TPSA) is 65.5 Å². The SMILES string of the molecule is CC(C)NC(=O)C1CCN(C2CCN(C(=O)c3csc(C(C)C)n3)CC2)CC1. The summed E-state index contributed by atoms with van der Waals surface area (Å²) in [6, 6.07) is 0.738. The fraction of sp³-hybridized carbons (Fsp3) is 0.762. The first-order valence-corrected chi connectivity index (χ1v) is 11.5. The molecule has 1 aromatic heterocycles. The van der Waals surface area contributed by atoms with E-state index in [2.05, 4.69) is 29.0 Å². The monoisotopic (exact) mass is 406 g/mol. The highest BCUT2D eigenvalue weighted by molar-refractivity contribution is 7.09. The van der Waals surface area contributed by atoms with Gasteiger partial charge in [0.25, 0.3) is 5.91 Å². The van der Waals surface area contributed by atoms with E-state index in [1.807, 2.05) is 24.1 Å². The molecule has 1 aromatic rings. The van der Waals surface area contributed by atoms with Crippen LogP contribution in [0.2, 0.25) is 0 Å². The Morgan fingerprint density at radius 2 is 1.71 bits per heavy atom. The van der Waals surface area contributed by atoms with E-state index in [1.54, 1.807) is 11.3 Å². The molecule has 0 aromatic carbocycles. The zero-order valence-electron chi connectivity index (χ0n) is 17.6. The normalized spacial score (nSPS) is 20.1. The van der Waals surface area contributed by atoms with Crippen LogP contribution in [-0.2, 0) is 4.79 Å². The van der Waals surface area contributed by atoms with E-state index in [0.29, 0.717) is 17.7 Å². The van der Waals surface area contributed by atoms with Crippen molar-refractivity contribution in [1.29, 1.82) is 0 Å². The molecule has 0 unspecified atom stereocenters. The number of carbonyl (C=O) groups excluding carboxylic acids is 2. The van der Waals surface area contributed by atoms with Crippen molar-refractivity contribution in [2.45, 2.75) is 71.4 Å². The minimum atomic E-state index is 0.0747. The lowest BCUT2D eigenvalue weighted by Gasteiger charge is -2.41. The maximum atomic E-state index is 12.7. The molecule has 2 aliphatic heterocycles. The molecule has 2 amide bonds. The lowest BCUT2D eigenvalue weighted by atomic mass is 9.92. The molecule has 1 N–H and O–H groups in total. The summed E-state index contributed by atoms with van der Waals surface area (Å²) in [5, 5.41) is 5.97. The zero-order valence-corrected chi connectivity index (χ0v) is 18.4. The van der Waals surface area contributed by atoms with Crippen LogP contribution in [0.1, 0.15) is 74.8 Å². The molecule has 0 radical (unpaired) electrons. The van der Waals surface area contributed by atoms with Crippen LogP contribution in [0.4, 0.5) is 0 Å². The molecule has 0 saturated carbocycles. The number of hydrogen-bond donors (Lipinski definition) is 1. The van der Waals surface area contributed by atoms with Crippen molar-refractivity contribution in [3.63, 3.8) is 0 Å². The van der Waals surface area contributed by atoms with E-state index in [1.165, 1.54) is 0 Å². The Bertz CT molecular complexity index is 672. The van der Waals surface area contributed by atoms with Crippen LogP contribution in [0, 0.1) is 5.92 Å². The Balaban J connectivity index is 1.45. The number of nitrogens with zero attached hydrogens (tertiary/aromatic N) is 3. The van der Waals surface area contributed by atoms with Crippen molar-refractivity contribution < 1.29 is 9.59 Å². The summed E-state index contributed by atoms with van der Waals surface area (Å²) >= 11 is 1.58. The van der Waals surface area contributed by atoms with Crippen molar-refractivity contribution in [3.8, 4) is 0 Å². The first kappa shape index (κ1) is 21.2. The summed E-state index contributed by atoms with van der Waals surface area (Å²) in [6.07, 6.45) is 3.90. The van der Waals surface area contributed by atoms with Crippen molar-refractivity contribution in [2.24, 2.45) is 5.92 Å². The van der Waals surface area contributed by atoms with Gasteiger partial charge in [-0.1, -0.05) is 13.8 Å². The van der Waals surface area contributed by atoms with Crippen LogP contribution in [0.25, 0.3) is 0 Å². The van der Waals surface area contributed by atoms with E-state index >= 15 is 0 Å². The van der Waals surface area contributed by atoms with E-state index in [0.717, 1.165) is 56.9 Å². The number of hydrogen-bond acceptors (Lipinski definition) is 5. The molecule has 0 bridgehead atoms. The standard InChI is InChI=1S/C21H34N4O2S/c1-14(2)20-23-18(13-28-20)21(27)25-11-7-17(8-12-25)24-9-5-16(6-10-24)19(26)22-15(3)4/h13-17H,5-12H2,1-4H3,(H,22,26). The highest BCUT2D eigenvalue weighted by atomic mass is 32.1. The second kappa shape index (κ2) is 9.35. The minimum Gasteiger partial charge on any atom is -0.354 e. The third-order valence-corrected chi connectivity index (χ3v) is 6.98. The van der Waals surface area contributed by atoms with Crippen LogP contribution >= 0.6 is 11.3 Å². The van der Waals surface area contributed by atoms with Gasteiger partial charge in [-0.2, -0.15) is 0 Å². The molecule has 0 aliphatic carbocycles. The molecule has 2 fully saturated rings.